The highest BCUT2D eigenvalue weighted by molar-refractivity contribution is 5.78. The lowest BCUT2D eigenvalue weighted by Gasteiger charge is -2.39. The highest BCUT2D eigenvalue weighted by Gasteiger charge is 2.50. The minimum atomic E-state index is 0.0684. The first-order valence-corrected chi connectivity index (χ1v) is 8.23. The van der Waals surface area contributed by atoms with Crippen LogP contribution < -0.4 is 4.74 Å². The quantitative estimate of drug-likeness (QED) is 0.860. The van der Waals surface area contributed by atoms with Crippen molar-refractivity contribution in [2.75, 3.05) is 13.2 Å². The number of nitrogens with zero attached hydrogens (tertiary/aromatic N) is 2. The zero-order chi connectivity index (χ0) is 16.7. The van der Waals surface area contributed by atoms with Crippen molar-refractivity contribution < 1.29 is 9.53 Å². The Hall–Kier alpha value is -2.02. The average Bonchev–Trinajstić information content (AvgIpc) is 2.74. The van der Waals surface area contributed by atoms with Crippen LogP contribution in [-0.4, -0.2) is 30.0 Å². The lowest BCUT2D eigenvalue weighted by Crippen LogP contribution is -2.40. The van der Waals surface area contributed by atoms with Gasteiger partial charge in [-0.25, -0.2) is 0 Å². The summed E-state index contributed by atoms with van der Waals surface area (Å²) in [6.45, 7) is 7.82. The number of hydrogen-bond acceptors (Lipinski definition) is 3. The monoisotopic (exact) mass is 312 g/mol. The maximum Gasteiger partial charge on any atom is 0.260 e. The van der Waals surface area contributed by atoms with Gasteiger partial charge in [-0.05, 0) is 54.4 Å². The smallest absolute Gasteiger partial charge is 0.260 e. The van der Waals surface area contributed by atoms with Gasteiger partial charge in [0, 0.05) is 12.6 Å². The number of fused-ring (bicyclic) bond motifs is 2. The van der Waals surface area contributed by atoms with Crippen LogP contribution in [0.1, 0.15) is 45.6 Å². The Morgan fingerprint density at radius 2 is 2.00 bits per heavy atom. The first-order valence-electron chi connectivity index (χ1n) is 8.23. The summed E-state index contributed by atoms with van der Waals surface area (Å²) in [5, 5.41) is 8.79. The molecule has 1 heterocycles. The van der Waals surface area contributed by atoms with E-state index in [1.807, 2.05) is 4.90 Å². The molecule has 0 N–H and O–H groups in total. The number of hydrogen-bond donors (Lipinski definition) is 0. The molecule has 0 unspecified atom stereocenters. The van der Waals surface area contributed by atoms with Crippen molar-refractivity contribution in [2.45, 2.75) is 46.1 Å². The number of likely N-dealkylation sites (tertiary alicyclic amines) is 1. The highest BCUT2D eigenvalue weighted by Crippen LogP contribution is 2.52. The highest BCUT2D eigenvalue weighted by atomic mass is 16.5. The van der Waals surface area contributed by atoms with Gasteiger partial charge in [-0.15, -0.1) is 0 Å². The third-order valence-corrected chi connectivity index (χ3v) is 5.08. The molecule has 0 radical (unpaired) electrons. The Morgan fingerprint density at radius 3 is 2.65 bits per heavy atom. The minimum absolute atomic E-state index is 0.0684. The predicted molar refractivity (Wildman–Crippen MR) is 87.9 cm³/mol. The topological polar surface area (TPSA) is 53.3 Å². The number of carbonyl (C=O) groups is 1. The van der Waals surface area contributed by atoms with E-state index in [9.17, 15) is 4.79 Å². The minimum Gasteiger partial charge on any atom is -0.484 e. The second-order valence-electron chi connectivity index (χ2n) is 8.16. The molecule has 2 fully saturated rings. The Kier molecular flexibility index (Phi) is 3.83. The third-order valence-electron chi connectivity index (χ3n) is 5.08. The van der Waals surface area contributed by atoms with E-state index in [2.05, 4.69) is 26.8 Å². The number of ether oxygens (including phenoxy) is 1. The zero-order valence-corrected chi connectivity index (χ0v) is 14.1. The Morgan fingerprint density at radius 1 is 1.30 bits per heavy atom. The molecule has 23 heavy (non-hydrogen) atoms. The van der Waals surface area contributed by atoms with E-state index < -0.39 is 0 Å². The summed E-state index contributed by atoms with van der Waals surface area (Å²) >= 11 is 0. The van der Waals surface area contributed by atoms with Crippen molar-refractivity contribution in [3.63, 3.8) is 0 Å². The standard InChI is InChI=1S/C19H24N2O2/c1-18(2)8-15-9-19(3,12-18)13-21(15)17(22)11-23-16-6-4-14(10-20)5-7-16/h4-7,15H,8-9,11-13H2,1-3H3/t15-,19-/m0/s1. The van der Waals surface area contributed by atoms with Crippen LogP contribution in [-0.2, 0) is 4.79 Å². The van der Waals surface area contributed by atoms with Crippen LogP contribution in [0.15, 0.2) is 24.3 Å². The fraction of sp³-hybridized carbons (Fsp3) is 0.579. The van der Waals surface area contributed by atoms with Crippen molar-refractivity contribution in [3.8, 4) is 11.8 Å². The number of rotatable bonds is 3. The van der Waals surface area contributed by atoms with Gasteiger partial charge in [-0.1, -0.05) is 20.8 Å². The van der Waals surface area contributed by atoms with Gasteiger partial charge in [0.25, 0.3) is 5.91 Å². The van der Waals surface area contributed by atoms with Gasteiger partial charge in [-0.3, -0.25) is 4.79 Å². The summed E-state index contributed by atoms with van der Waals surface area (Å²) in [6, 6.07) is 9.29. The van der Waals surface area contributed by atoms with Crippen molar-refractivity contribution in [1.82, 2.24) is 4.90 Å². The summed E-state index contributed by atoms with van der Waals surface area (Å²) in [5.74, 6) is 0.701. The predicted octanol–water partition coefficient (Wildman–Crippen LogP) is 3.36. The molecular weight excluding hydrogens is 288 g/mol. The molecular formula is C19H24N2O2. The number of amides is 1. The molecule has 1 aliphatic carbocycles. The van der Waals surface area contributed by atoms with Gasteiger partial charge in [0.1, 0.15) is 5.75 Å². The molecule has 0 spiro atoms. The summed E-state index contributed by atoms with van der Waals surface area (Å²) in [7, 11) is 0. The lowest BCUT2D eigenvalue weighted by atomic mass is 9.65. The van der Waals surface area contributed by atoms with Crippen LogP contribution in [0.4, 0.5) is 0 Å². The summed E-state index contributed by atoms with van der Waals surface area (Å²) in [4.78, 5) is 14.6. The average molecular weight is 312 g/mol. The number of benzene rings is 1. The second kappa shape index (κ2) is 5.56. The molecule has 1 aromatic carbocycles. The van der Waals surface area contributed by atoms with E-state index in [0.29, 0.717) is 22.8 Å². The molecule has 1 aromatic rings. The molecule has 122 valence electrons. The van der Waals surface area contributed by atoms with Crippen LogP contribution >= 0.6 is 0 Å². The molecule has 1 amide bonds. The molecule has 4 nitrogen and oxygen atoms in total. The Labute approximate surface area is 138 Å². The van der Waals surface area contributed by atoms with Crippen LogP contribution in [0.5, 0.6) is 5.75 Å². The van der Waals surface area contributed by atoms with Gasteiger partial charge < -0.3 is 9.64 Å². The Balaban J connectivity index is 1.62. The SMILES string of the molecule is CC1(C)C[C@H]2C[C@](C)(CN2C(=O)COc2ccc(C#N)cc2)C1. The van der Waals surface area contributed by atoms with Gasteiger partial charge in [0.15, 0.2) is 6.61 Å². The maximum atomic E-state index is 12.6. The molecule has 2 atom stereocenters. The molecule has 2 bridgehead atoms. The second-order valence-corrected chi connectivity index (χ2v) is 8.16. The third kappa shape index (κ3) is 3.34. The molecule has 3 rings (SSSR count). The van der Waals surface area contributed by atoms with Crippen LogP contribution in [0, 0.1) is 22.2 Å². The summed E-state index contributed by atoms with van der Waals surface area (Å²) in [6.07, 6.45) is 3.36. The first kappa shape index (κ1) is 15.9. The maximum absolute atomic E-state index is 12.6. The first-order chi connectivity index (χ1) is 10.8. The van der Waals surface area contributed by atoms with Crippen molar-refractivity contribution in [1.29, 1.82) is 5.26 Å². The molecule has 2 aliphatic rings. The fourth-order valence-corrected chi connectivity index (χ4v) is 4.61. The molecule has 1 saturated heterocycles. The summed E-state index contributed by atoms with van der Waals surface area (Å²) in [5.41, 5.74) is 1.14. The van der Waals surface area contributed by atoms with E-state index >= 15 is 0 Å². The van der Waals surface area contributed by atoms with E-state index in [0.717, 1.165) is 19.4 Å². The van der Waals surface area contributed by atoms with Crippen molar-refractivity contribution >= 4 is 5.91 Å². The molecule has 1 saturated carbocycles. The Bertz CT molecular complexity index is 644. The largest absolute Gasteiger partial charge is 0.484 e. The number of carbonyl (C=O) groups excluding carboxylic acids is 1. The number of nitriles is 1. The molecule has 1 aliphatic heterocycles. The van der Waals surface area contributed by atoms with E-state index in [1.165, 1.54) is 6.42 Å². The van der Waals surface area contributed by atoms with Gasteiger partial charge in [-0.2, -0.15) is 5.26 Å². The van der Waals surface area contributed by atoms with Crippen LogP contribution in [0.2, 0.25) is 0 Å². The van der Waals surface area contributed by atoms with Crippen LogP contribution in [0.25, 0.3) is 0 Å². The normalized spacial score (nSPS) is 28.3. The van der Waals surface area contributed by atoms with Crippen LogP contribution in [0.3, 0.4) is 0 Å². The fourth-order valence-electron chi connectivity index (χ4n) is 4.61. The van der Waals surface area contributed by atoms with E-state index in [1.54, 1.807) is 24.3 Å². The van der Waals surface area contributed by atoms with Gasteiger partial charge in [0.05, 0.1) is 11.6 Å². The van der Waals surface area contributed by atoms with Crippen molar-refractivity contribution in [3.05, 3.63) is 29.8 Å². The lowest BCUT2D eigenvalue weighted by molar-refractivity contribution is -0.134. The zero-order valence-electron chi connectivity index (χ0n) is 14.1. The molecule has 0 aromatic heterocycles. The van der Waals surface area contributed by atoms with E-state index in [-0.39, 0.29) is 17.9 Å². The molecule has 4 heteroatoms. The van der Waals surface area contributed by atoms with E-state index in [4.69, 9.17) is 10.00 Å². The van der Waals surface area contributed by atoms with Gasteiger partial charge >= 0.3 is 0 Å². The van der Waals surface area contributed by atoms with Gasteiger partial charge in [0.2, 0.25) is 0 Å². The van der Waals surface area contributed by atoms with Crippen molar-refractivity contribution in [2.24, 2.45) is 10.8 Å². The summed E-state index contributed by atoms with van der Waals surface area (Å²) < 4.78 is 5.61.